The minimum atomic E-state index is -1.55. The van der Waals surface area contributed by atoms with E-state index >= 15 is 0 Å². The van der Waals surface area contributed by atoms with Crippen molar-refractivity contribution in [2.45, 2.75) is 57.3 Å². The Balaban J connectivity index is 5.12. The number of nitrogens with one attached hydrogen (secondary N) is 3. The Hall–Kier alpha value is -2.77. The van der Waals surface area contributed by atoms with E-state index in [1.165, 1.54) is 0 Å². The number of aliphatic hydroxyl groups is 2. The predicted octanol–water partition coefficient (Wildman–Crippen LogP) is -3.85. The van der Waals surface area contributed by atoms with Crippen LogP contribution >= 0.6 is 0 Å². The number of aliphatic carboxylic acids is 1. The van der Waals surface area contributed by atoms with E-state index in [9.17, 15) is 29.1 Å². The predicted molar refractivity (Wildman–Crippen MR) is 103 cm³/mol. The third-order valence-corrected chi connectivity index (χ3v) is 3.99. The van der Waals surface area contributed by atoms with E-state index in [0.717, 1.165) is 0 Å². The third kappa shape index (κ3) is 10.1. The Morgan fingerprint density at radius 3 is 1.73 bits per heavy atom. The summed E-state index contributed by atoms with van der Waals surface area (Å²) in [5, 5.41) is 34.1. The number of rotatable bonds is 14. The fourth-order valence-electron chi connectivity index (χ4n) is 2.33. The maximum atomic E-state index is 12.4. The van der Waals surface area contributed by atoms with Crippen molar-refractivity contribution in [3.63, 3.8) is 0 Å². The summed E-state index contributed by atoms with van der Waals surface area (Å²) in [7, 11) is 0. The maximum absolute atomic E-state index is 12.4. The molecule has 0 fully saturated rings. The summed E-state index contributed by atoms with van der Waals surface area (Å²) in [6, 6.07) is -5.32. The minimum absolute atomic E-state index is 0.0585. The molecule has 172 valence electrons. The zero-order chi connectivity index (χ0) is 23.4. The van der Waals surface area contributed by atoms with Gasteiger partial charge in [-0.15, -0.1) is 0 Å². The lowest BCUT2D eigenvalue weighted by molar-refractivity contribution is -0.143. The second kappa shape index (κ2) is 13.5. The van der Waals surface area contributed by atoms with Gasteiger partial charge in [0.25, 0.3) is 0 Å². The van der Waals surface area contributed by atoms with Crippen LogP contribution < -0.4 is 27.4 Å². The first-order valence-corrected chi connectivity index (χ1v) is 9.32. The molecule has 4 atom stereocenters. The van der Waals surface area contributed by atoms with Gasteiger partial charge in [0.15, 0.2) is 0 Å². The second-order valence-corrected chi connectivity index (χ2v) is 7.13. The van der Waals surface area contributed by atoms with Crippen molar-refractivity contribution in [2.75, 3.05) is 13.2 Å². The monoisotopic (exact) mass is 433 g/mol. The van der Waals surface area contributed by atoms with E-state index in [4.69, 9.17) is 21.7 Å². The van der Waals surface area contributed by atoms with Gasteiger partial charge in [-0.05, 0) is 18.8 Å². The maximum Gasteiger partial charge on any atom is 0.328 e. The van der Waals surface area contributed by atoms with Gasteiger partial charge < -0.3 is 42.7 Å². The van der Waals surface area contributed by atoms with Crippen molar-refractivity contribution in [3.8, 4) is 0 Å². The Morgan fingerprint density at radius 2 is 1.30 bits per heavy atom. The van der Waals surface area contributed by atoms with Crippen LogP contribution in [0.25, 0.3) is 0 Å². The lowest BCUT2D eigenvalue weighted by Gasteiger charge is -2.25. The normalized spacial score (nSPS) is 14.9. The second-order valence-electron chi connectivity index (χ2n) is 7.13. The average Bonchev–Trinajstić information content (AvgIpc) is 2.66. The Labute approximate surface area is 173 Å². The van der Waals surface area contributed by atoms with Crippen LogP contribution in [0.4, 0.5) is 0 Å². The summed E-state index contributed by atoms with van der Waals surface area (Å²) in [4.78, 5) is 58.6. The van der Waals surface area contributed by atoms with Gasteiger partial charge in [0.1, 0.15) is 18.1 Å². The van der Waals surface area contributed by atoms with Gasteiger partial charge >= 0.3 is 5.97 Å². The minimum Gasteiger partial charge on any atom is -0.480 e. The summed E-state index contributed by atoms with van der Waals surface area (Å²) in [5.41, 5.74) is 10.6. The molecule has 0 aromatic heterocycles. The molecule has 0 heterocycles. The van der Waals surface area contributed by atoms with Crippen LogP contribution in [-0.2, 0) is 24.0 Å². The largest absolute Gasteiger partial charge is 0.480 e. The van der Waals surface area contributed by atoms with Crippen LogP contribution in [0, 0.1) is 5.92 Å². The van der Waals surface area contributed by atoms with E-state index in [2.05, 4.69) is 16.0 Å². The van der Waals surface area contributed by atoms with Crippen LogP contribution in [0.1, 0.15) is 33.1 Å². The fourth-order valence-corrected chi connectivity index (χ4v) is 2.33. The number of carbonyl (C=O) groups is 5. The molecule has 4 unspecified atom stereocenters. The molecule has 0 saturated heterocycles. The van der Waals surface area contributed by atoms with Gasteiger partial charge in [0.2, 0.25) is 23.6 Å². The van der Waals surface area contributed by atoms with Crippen molar-refractivity contribution in [2.24, 2.45) is 17.4 Å². The van der Waals surface area contributed by atoms with Crippen LogP contribution in [0.15, 0.2) is 0 Å². The molecular formula is C17H31N5O8. The molecule has 0 aliphatic rings. The summed E-state index contributed by atoms with van der Waals surface area (Å²) in [5.74, 6) is -4.74. The van der Waals surface area contributed by atoms with Crippen molar-refractivity contribution >= 4 is 29.6 Å². The first-order chi connectivity index (χ1) is 13.9. The molecule has 13 heteroatoms. The van der Waals surface area contributed by atoms with Crippen LogP contribution in [-0.4, -0.2) is 82.3 Å². The van der Waals surface area contributed by atoms with E-state index in [0.29, 0.717) is 0 Å². The van der Waals surface area contributed by atoms with Gasteiger partial charge in [-0.25, -0.2) is 4.79 Å². The molecule has 30 heavy (non-hydrogen) atoms. The van der Waals surface area contributed by atoms with Crippen molar-refractivity contribution in [1.29, 1.82) is 0 Å². The molecule has 0 aliphatic heterocycles. The molecule has 0 saturated carbocycles. The summed E-state index contributed by atoms with van der Waals surface area (Å²) < 4.78 is 0. The van der Waals surface area contributed by atoms with E-state index in [1.807, 2.05) is 0 Å². The number of hydrogen-bond acceptors (Lipinski definition) is 8. The first-order valence-electron chi connectivity index (χ1n) is 9.32. The summed E-state index contributed by atoms with van der Waals surface area (Å²) in [6.45, 7) is 1.87. The Bertz CT molecular complexity index is 627. The highest BCUT2D eigenvalue weighted by Gasteiger charge is 2.30. The van der Waals surface area contributed by atoms with Crippen molar-refractivity contribution < 1.29 is 39.3 Å². The van der Waals surface area contributed by atoms with E-state index in [1.54, 1.807) is 13.8 Å². The Kier molecular flexibility index (Phi) is 12.2. The van der Waals surface area contributed by atoms with Gasteiger partial charge in [0.05, 0.1) is 19.3 Å². The number of amides is 4. The highest BCUT2D eigenvalue weighted by molar-refractivity contribution is 5.94. The molecule has 0 bridgehead atoms. The molecule has 13 nitrogen and oxygen atoms in total. The SMILES string of the molecule is CC(C)CC(NC(=O)C(CO)NC(=O)C(N)CCC(N)=O)C(=O)NC(CO)C(=O)O. The molecular weight excluding hydrogens is 402 g/mol. The summed E-state index contributed by atoms with van der Waals surface area (Å²) in [6.07, 6.45) is -0.0760. The topological polar surface area (TPSA) is 234 Å². The number of carboxylic acids is 1. The molecule has 0 radical (unpaired) electrons. The Morgan fingerprint density at radius 1 is 0.833 bits per heavy atom. The number of carboxylic acid groups (broad SMARTS) is 1. The van der Waals surface area contributed by atoms with Crippen LogP contribution in [0.3, 0.4) is 0 Å². The van der Waals surface area contributed by atoms with Gasteiger partial charge in [-0.1, -0.05) is 13.8 Å². The number of aliphatic hydroxyl groups excluding tert-OH is 2. The fraction of sp³-hybridized carbons (Fsp3) is 0.706. The standard InChI is InChI=1S/C17H31N5O8/c1-8(2)5-10(15(27)22-12(7-24)17(29)30)20-16(28)11(6-23)21-14(26)9(18)3-4-13(19)25/h8-12,23-24H,3-7,18H2,1-2H3,(H2,19,25)(H,20,28)(H,21,26)(H,22,27)(H,29,30). The number of carbonyl (C=O) groups excluding carboxylic acids is 4. The lowest BCUT2D eigenvalue weighted by Crippen LogP contribution is -2.58. The van der Waals surface area contributed by atoms with E-state index < -0.39 is 67.0 Å². The molecule has 0 rings (SSSR count). The molecule has 0 aliphatic carbocycles. The zero-order valence-corrected chi connectivity index (χ0v) is 17.0. The van der Waals surface area contributed by atoms with Gasteiger partial charge in [-0.2, -0.15) is 0 Å². The number of nitrogens with two attached hydrogens (primary N) is 2. The molecule has 10 N–H and O–H groups in total. The number of hydrogen-bond donors (Lipinski definition) is 8. The highest BCUT2D eigenvalue weighted by Crippen LogP contribution is 2.06. The average molecular weight is 433 g/mol. The highest BCUT2D eigenvalue weighted by atomic mass is 16.4. The quantitative estimate of drug-likeness (QED) is 0.134. The van der Waals surface area contributed by atoms with Gasteiger partial charge in [0, 0.05) is 6.42 Å². The smallest absolute Gasteiger partial charge is 0.328 e. The molecule has 0 aromatic rings. The summed E-state index contributed by atoms with van der Waals surface area (Å²) >= 11 is 0. The van der Waals surface area contributed by atoms with Gasteiger partial charge in [-0.3, -0.25) is 19.2 Å². The molecule has 0 spiro atoms. The molecule has 0 aromatic carbocycles. The third-order valence-electron chi connectivity index (χ3n) is 3.99. The zero-order valence-electron chi connectivity index (χ0n) is 17.0. The van der Waals surface area contributed by atoms with E-state index in [-0.39, 0.29) is 25.2 Å². The van der Waals surface area contributed by atoms with Crippen LogP contribution in [0.5, 0.6) is 0 Å². The van der Waals surface area contributed by atoms with Crippen molar-refractivity contribution in [3.05, 3.63) is 0 Å². The molecule has 4 amide bonds. The first kappa shape index (κ1) is 27.2. The number of primary amides is 1. The van der Waals surface area contributed by atoms with Crippen molar-refractivity contribution in [1.82, 2.24) is 16.0 Å². The lowest BCUT2D eigenvalue weighted by atomic mass is 10.0. The van der Waals surface area contributed by atoms with Crippen LogP contribution in [0.2, 0.25) is 0 Å².